The smallest absolute Gasteiger partial charge is 0.251 e. The Morgan fingerprint density at radius 3 is 2.47 bits per heavy atom. The van der Waals surface area contributed by atoms with Crippen LogP contribution in [0.3, 0.4) is 0 Å². The molecule has 0 bridgehead atoms. The van der Waals surface area contributed by atoms with Crippen molar-refractivity contribution >= 4 is 23.2 Å². The first-order valence-corrected chi connectivity index (χ1v) is 6.68. The molecule has 1 aromatic carbocycles. The summed E-state index contributed by atoms with van der Waals surface area (Å²) in [6.45, 7) is 4.52. The molecule has 0 radical (unpaired) electrons. The van der Waals surface area contributed by atoms with Gasteiger partial charge in [-0.3, -0.25) is 9.69 Å². The summed E-state index contributed by atoms with van der Waals surface area (Å²) in [5.41, 5.74) is 1.03. The third-order valence-corrected chi connectivity index (χ3v) is 3.56. The zero-order valence-electron chi connectivity index (χ0n) is 11.3. The monoisotopic (exact) mass is 278 g/mol. The second-order valence-electron chi connectivity index (χ2n) is 4.94. The third kappa shape index (κ3) is 2.87. The molecule has 1 unspecified atom stereocenters. The summed E-state index contributed by atoms with van der Waals surface area (Å²) >= 11 is 5.23. The summed E-state index contributed by atoms with van der Waals surface area (Å²) in [6.07, 6.45) is 0. The summed E-state index contributed by atoms with van der Waals surface area (Å²) in [5.74, 6) is 1.08. The van der Waals surface area contributed by atoms with Crippen molar-refractivity contribution in [1.82, 2.24) is 10.2 Å². The molecule has 1 aliphatic heterocycles. The molecule has 1 saturated heterocycles. The number of ether oxygens (including phenoxy) is 1. The van der Waals surface area contributed by atoms with Crippen molar-refractivity contribution in [2.24, 2.45) is 5.92 Å². The molecule has 1 atom stereocenters. The van der Waals surface area contributed by atoms with E-state index in [4.69, 9.17) is 17.0 Å². The number of benzene rings is 1. The average molecular weight is 278 g/mol. The van der Waals surface area contributed by atoms with E-state index in [-0.39, 0.29) is 17.9 Å². The minimum Gasteiger partial charge on any atom is -0.497 e. The highest BCUT2D eigenvalue weighted by atomic mass is 32.1. The fourth-order valence-corrected chi connectivity index (χ4v) is 2.34. The van der Waals surface area contributed by atoms with Crippen LogP contribution in [0, 0.1) is 5.92 Å². The maximum absolute atomic E-state index is 12.2. The number of nitrogens with one attached hydrogen (secondary N) is 1. The van der Waals surface area contributed by atoms with Gasteiger partial charge in [0.2, 0.25) is 0 Å². The first-order chi connectivity index (χ1) is 9.02. The highest BCUT2D eigenvalue weighted by Gasteiger charge is 2.36. The van der Waals surface area contributed by atoms with Crippen LogP contribution >= 0.6 is 12.2 Å². The van der Waals surface area contributed by atoms with Crippen LogP contribution in [0.15, 0.2) is 24.3 Å². The van der Waals surface area contributed by atoms with Crippen molar-refractivity contribution in [3.8, 4) is 5.75 Å². The Kier molecular flexibility index (Phi) is 4.04. The lowest BCUT2D eigenvalue weighted by Crippen LogP contribution is -2.34. The molecule has 1 aliphatic rings. The van der Waals surface area contributed by atoms with Crippen LogP contribution < -0.4 is 10.1 Å². The number of carbonyl (C=O) groups is 1. The zero-order chi connectivity index (χ0) is 14.0. The lowest BCUT2D eigenvalue weighted by molar-refractivity contribution is -0.128. The van der Waals surface area contributed by atoms with Gasteiger partial charge in [-0.1, -0.05) is 26.0 Å². The number of carbonyl (C=O) groups excluding carboxylic acids is 1. The molecule has 102 valence electrons. The van der Waals surface area contributed by atoms with E-state index in [1.165, 1.54) is 0 Å². The minimum atomic E-state index is -0.203. The lowest BCUT2D eigenvalue weighted by Gasteiger charge is -2.16. The van der Waals surface area contributed by atoms with E-state index in [2.05, 4.69) is 5.32 Å². The van der Waals surface area contributed by atoms with Gasteiger partial charge in [-0.15, -0.1) is 0 Å². The number of hydrogen-bond donors (Lipinski definition) is 1. The topological polar surface area (TPSA) is 41.6 Å². The van der Waals surface area contributed by atoms with Crippen molar-refractivity contribution in [2.75, 3.05) is 7.11 Å². The van der Waals surface area contributed by atoms with Gasteiger partial charge < -0.3 is 10.1 Å². The maximum Gasteiger partial charge on any atom is 0.251 e. The van der Waals surface area contributed by atoms with Gasteiger partial charge in [0.15, 0.2) is 5.11 Å². The summed E-state index contributed by atoms with van der Waals surface area (Å²) in [7, 11) is 1.63. The van der Waals surface area contributed by atoms with Crippen molar-refractivity contribution in [2.45, 2.75) is 26.4 Å². The van der Waals surface area contributed by atoms with Crippen LogP contribution in [0.4, 0.5) is 0 Å². The molecular formula is C14H18N2O2S. The first kappa shape index (κ1) is 13.8. The summed E-state index contributed by atoms with van der Waals surface area (Å²) in [5, 5.41) is 3.59. The third-order valence-electron chi connectivity index (χ3n) is 3.22. The van der Waals surface area contributed by atoms with E-state index in [1.807, 2.05) is 38.1 Å². The second-order valence-corrected chi connectivity index (χ2v) is 5.33. The van der Waals surface area contributed by atoms with Gasteiger partial charge in [-0.25, -0.2) is 0 Å². The van der Waals surface area contributed by atoms with Crippen LogP contribution in [0.1, 0.15) is 19.4 Å². The quantitative estimate of drug-likeness (QED) is 0.855. The Morgan fingerprint density at radius 1 is 1.37 bits per heavy atom. The fraction of sp³-hybridized carbons (Fsp3) is 0.429. The van der Waals surface area contributed by atoms with Crippen molar-refractivity contribution in [1.29, 1.82) is 0 Å². The molecule has 1 amide bonds. The maximum atomic E-state index is 12.2. The lowest BCUT2D eigenvalue weighted by atomic mass is 10.0. The van der Waals surface area contributed by atoms with Crippen molar-refractivity contribution in [3.05, 3.63) is 29.8 Å². The van der Waals surface area contributed by atoms with Gasteiger partial charge in [0.1, 0.15) is 11.8 Å². The molecule has 2 rings (SSSR count). The molecule has 1 aromatic rings. The van der Waals surface area contributed by atoms with Crippen LogP contribution in [-0.2, 0) is 11.3 Å². The highest BCUT2D eigenvalue weighted by molar-refractivity contribution is 7.80. The molecule has 0 spiro atoms. The summed E-state index contributed by atoms with van der Waals surface area (Å²) in [6, 6.07) is 7.44. The van der Waals surface area contributed by atoms with Crippen LogP contribution in [0.25, 0.3) is 0 Å². The zero-order valence-corrected chi connectivity index (χ0v) is 12.2. The highest BCUT2D eigenvalue weighted by Crippen LogP contribution is 2.18. The molecule has 5 heteroatoms. The van der Waals surface area contributed by atoms with Crippen molar-refractivity contribution in [3.63, 3.8) is 0 Å². The van der Waals surface area contributed by atoms with Gasteiger partial charge in [-0.2, -0.15) is 0 Å². The molecule has 1 N–H and O–H groups in total. The fourth-order valence-electron chi connectivity index (χ4n) is 2.06. The average Bonchev–Trinajstić information content (AvgIpc) is 2.68. The van der Waals surface area contributed by atoms with Gasteiger partial charge in [0.05, 0.1) is 13.7 Å². The largest absolute Gasteiger partial charge is 0.497 e. The van der Waals surface area contributed by atoms with E-state index in [0.29, 0.717) is 11.7 Å². The van der Waals surface area contributed by atoms with Crippen LogP contribution in [0.2, 0.25) is 0 Å². The van der Waals surface area contributed by atoms with Gasteiger partial charge in [-0.05, 0) is 35.8 Å². The van der Waals surface area contributed by atoms with Gasteiger partial charge in [0, 0.05) is 0 Å². The molecule has 0 aromatic heterocycles. The van der Waals surface area contributed by atoms with E-state index in [9.17, 15) is 4.79 Å². The first-order valence-electron chi connectivity index (χ1n) is 6.27. The molecular weight excluding hydrogens is 260 g/mol. The van der Waals surface area contributed by atoms with Crippen molar-refractivity contribution < 1.29 is 9.53 Å². The Hall–Kier alpha value is -1.62. The molecule has 1 heterocycles. The number of rotatable bonds is 4. The SMILES string of the molecule is COc1ccc(CN2C(=O)C(C(C)C)NC2=S)cc1. The Balaban J connectivity index is 2.10. The van der Waals surface area contributed by atoms with Crippen LogP contribution in [-0.4, -0.2) is 29.1 Å². The summed E-state index contributed by atoms with van der Waals surface area (Å²) in [4.78, 5) is 13.9. The Morgan fingerprint density at radius 2 is 2.00 bits per heavy atom. The molecule has 1 fully saturated rings. The van der Waals surface area contributed by atoms with E-state index >= 15 is 0 Å². The standard InChI is InChI=1S/C14H18N2O2S/c1-9(2)12-13(17)16(14(19)15-12)8-10-4-6-11(18-3)7-5-10/h4-7,9,12H,8H2,1-3H3,(H,15,19). The number of hydrogen-bond acceptors (Lipinski definition) is 3. The molecule has 0 saturated carbocycles. The second kappa shape index (κ2) is 5.57. The number of amides is 1. The summed E-state index contributed by atoms with van der Waals surface area (Å²) < 4.78 is 5.11. The number of thiocarbonyl (C=S) groups is 1. The minimum absolute atomic E-state index is 0.0517. The van der Waals surface area contributed by atoms with E-state index in [1.54, 1.807) is 12.0 Å². The Bertz CT molecular complexity index is 485. The van der Waals surface area contributed by atoms with Crippen LogP contribution in [0.5, 0.6) is 5.75 Å². The van der Waals surface area contributed by atoms with E-state index < -0.39 is 0 Å². The predicted octanol–water partition coefficient (Wildman–Crippen LogP) is 1.94. The predicted molar refractivity (Wildman–Crippen MR) is 77.9 cm³/mol. The van der Waals surface area contributed by atoms with E-state index in [0.717, 1.165) is 11.3 Å². The number of methoxy groups -OCH3 is 1. The molecule has 19 heavy (non-hydrogen) atoms. The van der Waals surface area contributed by atoms with Gasteiger partial charge in [0.25, 0.3) is 5.91 Å². The molecule has 0 aliphatic carbocycles. The molecule has 4 nitrogen and oxygen atoms in total. The normalized spacial score (nSPS) is 18.9. The number of nitrogens with zero attached hydrogens (tertiary/aromatic N) is 1. The van der Waals surface area contributed by atoms with Gasteiger partial charge >= 0.3 is 0 Å². The Labute approximate surface area is 118 Å².